The molecule has 1 unspecified atom stereocenters. The van der Waals surface area contributed by atoms with Crippen molar-refractivity contribution in [2.75, 3.05) is 41.5 Å². The Balaban J connectivity index is 1.34. The number of fused-ring (bicyclic) bond motifs is 1. The average molecular weight is 540 g/mol. The van der Waals surface area contributed by atoms with E-state index < -0.39 is 0 Å². The van der Waals surface area contributed by atoms with Crippen LogP contribution in [-0.2, 0) is 4.79 Å². The number of hydrogen-bond acceptors (Lipinski definition) is 9. The number of quaternary nitrogens is 1. The zero-order valence-corrected chi connectivity index (χ0v) is 22.4. The number of ether oxygens (including phenoxy) is 3. The van der Waals surface area contributed by atoms with Gasteiger partial charge in [-0.05, 0) is 40.6 Å². The van der Waals surface area contributed by atoms with E-state index in [0.717, 1.165) is 10.3 Å². The van der Waals surface area contributed by atoms with Gasteiger partial charge >= 0.3 is 0 Å². The Bertz CT molecular complexity index is 1370. The second-order valence-corrected chi connectivity index (χ2v) is 9.22. The predicted molar refractivity (Wildman–Crippen MR) is 145 cm³/mol. The minimum Gasteiger partial charge on any atom is -0.493 e. The number of rotatable bonds is 11. The highest BCUT2D eigenvalue weighted by Crippen LogP contribution is 2.39. The summed E-state index contributed by atoms with van der Waals surface area (Å²) in [5.41, 5.74) is 6.34. The Morgan fingerprint density at radius 2 is 1.92 bits per heavy atom. The normalized spacial score (nSPS) is 13.7. The summed E-state index contributed by atoms with van der Waals surface area (Å²) < 4.78 is 17.2. The van der Waals surface area contributed by atoms with Gasteiger partial charge in [0.1, 0.15) is 0 Å². The van der Waals surface area contributed by atoms with Crippen molar-refractivity contribution in [3.63, 3.8) is 0 Å². The Hall–Kier alpha value is -4.29. The SMILES string of the molecule is CN=CC(NC(=O)C1=CN(CCNC(=O)c2ccc(OC)c(OC)c2OC)[NH2+]N1)c1ccc2ccsc2c1. The van der Waals surface area contributed by atoms with Crippen LogP contribution in [0, 0.1) is 0 Å². The Labute approximate surface area is 224 Å². The first kappa shape index (κ1) is 26.8. The number of benzene rings is 2. The van der Waals surface area contributed by atoms with Gasteiger partial charge in [0.25, 0.3) is 11.8 Å². The van der Waals surface area contributed by atoms with Gasteiger partial charge in [-0.2, -0.15) is 0 Å². The molecule has 0 aliphatic carbocycles. The summed E-state index contributed by atoms with van der Waals surface area (Å²) in [6.07, 6.45) is 3.41. The van der Waals surface area contributed by atoms with Crippen LogP contribution in [-0.4, -0.2) is 64.5 Å². The monoisotopic (exact) mass is 539 g/mol. The molecule has 1 aliphatic heterocycles. The maximum Gasteiger partial charge on any atom is 0.275 e. The van der Waals surface area contributed by atoms with E-state index in [-0.39, 0.29) is 17.9 Å². The molecule has 0 saturated heterocycles. The van der Waals surface area contributed by atoms with Crippen LogP contribution in [0.5, 0.6) is 17.2 Å². The fourth-order valence-corrected chi connectivity index (χ4v) is 4.90. The molecule has 200 valence electrons. The van der Waals surface area contributed by atoms with Gasteiger partial charge in [0.15, 0.2) is 17.2 Å². The van der Waals surface area contributed by atoms with Gasteiger partial charge in [-0.25, -0.2) is 10.4 Å². The fraction of sp³-hybridized carbons (Fsp3) is 0.269. The lowest BCUT2D eigenvalue weighted by molar-refractivity contribution is -0.822. The number of thiophene rings is 1. The summed E-state index contributed by atoms with van der Waals surface area (Å²) in [5.74, 6) is 0.524. The van der Waals surface area contributed by atoms with E-state index in [0.29, 0.717) is 41.6 Å². The minimum absolute atomic E-state index is 0.265. The van der Waals surface area contributed by atoms with E-state index in [9.17, 15) is 9.59 Å². The van der Waals surface area contributed by atoms with Crippen molar-refractivity contribution in [3.8, 4) is 17.2 Å². The number of carbonyl (C=O) groups excluding carboxylic acids is 2. The molecule has 3 aromatic rings. The van der Waals surface area contributed by atoms with E-state index in [1.807, 2.05) is 17.5 Å². The minimum atomic E-state index is -0.369. The average Bonchev–Trinajstić information content (AvgIpc) is 3.61. The number of nitrogens with one attached hydrogen (secondary N) is 3. The lowest BCUT2D eigenvalue weighted by Gasteiger charge is -2.16. The van der Waals surface area contributed by atoms with Crippen LogP contribution in [0.4, 0.5) is 0 Å². The van der Waals surface area contributed by atoms with Crippen molar-refractivity contribution in [2.24, 2.45) is 4.99 Å². The fourth-order valence-electron chi connectivity index (χ4n) is 4.06. The first-order chi connectivity index (χ1) is 18.5. The highest BCUT2D eigenvalue weighted by Gasteiger charge is 2.24. The van der Waals surface area contributed by atoms with Crippen molar-refractivity contribution in [2.45, 2.75) is 6.04 Å². The molecule has 0 spiro atoms. The molecule has 5 N–H and O–H groups in total. The lowest BCUT2D eigenvalue weighted by atomic mass is 10.1. The standard InChI is InChI=1S/C26H30N6O5S/c1-27-14-19(17-6-5-16-9-12-38-22(16)13-17)29-26(34)20-15-32(31-30-20)11-10-28-25(33)18-7-8-21(35-2)24(37-4)23(18)36-3/h5-9,12-15,19,30-31H,10-11H2,1-4H3,(H,28,33)(H,29,34)/p+1. The molecule has 11 nitrogen and oxygen atoms in total. The first-order valence-corrected chi connectivity index (χ1v) is 12.7. The van der Waals surface area contributed by atoms with E-state index in [4.69, 9.17) is 14.2 Å². The van der Waals surface area contributed by atoms with Gasteiger partial charge in [0.2, 0.25) is 5.75 Å². The summed E-state index contributed by atoms with van der Waals surface area (Å²) in [6.45, 7) is 0.770. The van der Waals surface area contributed by atoms with Crippen molar-refractivity contribution >= 4 is 39.5 Å². The van der Waals surface area contributed by atoms with Crippen LogP contribution in [0.1, 0.15) is 22.0 Å². The molecule has 0 bridgehead atoms. The van der Waals surface area contributed by atoms with E-state index in [1.54, 1.807) is 53.5 Å². The van der Waals surface area contributed by atoms with Crippen LogP contribution in [0.25, 0.3) is 10.1 Å². The van der Waals surface area contributed by atoms with Crippen molar-refractivity contribution in [1.29, 1.82) is 0 Å². The molecule has 12 heteroatoms. The van der Waals surface area contributed by atoms with E-state index in [1.165, 1.54) is 26.7 Å². The van der Waals surface area contributed by atoms with Crippen molar-refractivity contribution in [3.05, 3.63) is 64.8 Å². The summed E-state index contributed by atoms with van der Waals surface area (Å²) in [5, 5.41) is 10.9. The molecule has 2 amide bonds. The number of aliphatic imine (C=N–C) groups is 1. The summed E-state index contributed by atoms with van der Waals surface area (Å²) in [6, 6.07) is 11.1. The molecule has 2 heterocycles. The third-order valence-electron chi connectivity index (χ3n) is 5.95. The number of carbonyl (C=O) groups is 2. The topological polar surface area (TPSA) is 130 Å². The number of methoxy groups -OCH3 is 3. The molecule has 1 aromatic heterocycles. The van der Waals surface area contributed by atoms with Gasteiger partial charge in [-0.15, -0.1) is 16.9 Å². The van der Waals surface area contributed by atoms with Gasteiger partial charge in [0, 0.05) is 24.5 Å². The summed E-state index contributed by atoms with van der Waals surface area (Å²) >= 11 is 1.65. The molecule has 0 fully saturated rings. The van der Waals surface area contributed by atoms with E-state index in [2.05, 4.69) is 33.2 Å². The van der Waals surface area contributed by atoms with Gasteiger partial charge in [-0.3, -0.25) is 14.6 Å². The molecule has 38 heavy (non-hydrogen) atoms. The number of nitrogens with zero attached hydrogens (tertiary/aromatic N) is 2. The van der Waals surface area contributed by atoms with Crippen LogP contribution < -0.4 is 35.8 Å². The molecular weight excluding hydrogens is 508 g/mol. The van der Waals surface area contributed by atoms with Crippen molar-refractivity contribution in [1.82, 2.24) is 21.1 Å². The lowest BCUT2D eigenvalue weighted by Crippen LogP contribution is -2.97. The predicted octanol–water partition coefficient (Wildman–Crippen LogP) is 1.36. The smallest absolute Gasteiger partial charge is 0.275 e. The Kier molecular flexibility index (Phi) is 8.66. The van der Waals surface area contributed by atoms with Gasteiger partial charge in [-0.1, -0.05) is 12.1 Å². The quantitative estimate of drug-likeness (QED) is 0.214. The highest BCUT2D eigenvalue weighted by molar-refractivity contribution is 7.17. The molecule has 0 radical (unpaired) electrons. The summed E-state index contributed by atoms with van der Waals surface area (Å²) in [7, 11) is 6.14. The van der Waals surface area contributed by atoms with Crippen LogP contribution in [0.15, 0.2) is 58.7 Å². The van der Waals surface area contributed by atoms with Crippen LogP contribution in [0.2, 0.25) is 0 Å². The largest absolute Gasteiger partial charge is 0.493 e. The molecule has 2 aromatic carbocycles. The number of nitrogens with two attached hydrogens (primary N) is 1. The Morgan fingerprint density at radius 3 is 2.66 bits per heavy atom. The second kappa shape index (κ2) is 12.3. The summed E-state index contributed by atoms with van der Waals surface area (Å²) in [4.78, 5) is 29.9. The third-order valence-corrected chi connectivity index (χ3v) is 6.83. The third kappa shape index (κ3) is 5.82. The maximum atomic E-state index is 13.0. The molecule has 0 saturated carbocycles. The molecule has 4 rings (SSSR count). The van der Waals surface area contributed by atoms with E-state index >= 15 is 0 Å². The second-order valence-electron chi connectivity index (χ2n) is 8.27. The zero-order chi connectivity index (χ0) is 27.1. The van der Waals surface area contributed by atoms with Gasteiger partial charge < -0.3 is 24.8 Å². The number of amides is 2. The molecule has 1 aliphatic rings. The zero-order valence-electron chi connectivity index (χ0n) is 21.6. The van der Waals surface area contributed by atoms with Crippen LogP contribution in [0.3, 0.4) is 0 Å². The van der Waals surface area contributed by atoms with Gasteiger partial charge in [0.05, 0.1) is 45.7 Å². The number of hydrogen-bond donors (Lipinski definition) is 4. The highest BCUT2D eigenvalue weighted by atomic mass is 32.1. The van der Waals surface area contributed by atoms with Crippen molar-refractivity contribution < 1.29 is 29.3 Å². The Morgan fingerprint density at radius 1 is 1.11 bits per heavy atom. The maximum absolute atomic E-state index is 13.0. The first-order valence-electron chi connectivity index (χ1n) is 11.8. The van der Waals surface area contributed by atoms with Crippen LogP contribution >= 0.6 is 11.3 Å². The molecular formula is C26H31N6O5S+. The molecule has 1 atom stereocenters.